The molecule has 4 nitrogen and oxygen atoms in total. The van der Waals surface area contributed by atoms with Gasteiger partial charge in [-0.3, -0.25) is 4.79 Å². The second-order valence-corrected chi connectivity index (χ2v) is 8.88. The first-order valence-electron chi connectivity index (χ1n) is 8.43. The highest BCUT2D eigenvalue weighted by atomic mass is 35.5. The summed E-state index contributed by atoms with van der Waals surface area (Å²) in [5.74, 6) is 1.18. The van der Waals surface area contributed by atoms with Gasteiger partial charge in [-0.1, -0.05) is 23.7 Å². The zero-order valence-corrected chi connectivity index (χ0v) is 16.2. The summed E-state index contributed by atoms with van der Waals surface area (Å²) >= 11 is 4.85. The highest BCUT2D eigenvalue weighted by molar-refractivity contribution is 7.92. The van der Waals surface area contributed by atoms with E-state index in [1.165, 1.54) is 5.56 Å². The smallest absolute Gasteiger partial charge is 0.270 e. The summed E-state index contributed by atoms with van der Waals surface area (Å²) < 4.78 is 12.5. The molecule has 0 aliphatic carbocycles. The third-order valence-electron chi connectivity index (χ3n) is 4.38. The number of hydrogen-bond acceptors (Lipinski definition) is 3. The quantitative estimate of drug-likeness (QED) is 0.783. The first kappa shape index (κ1) is 19.6. The van der Waals surface area contributed by atoms with Crippen molar-refractivity contribution < 1.29 is 9.35 Å². The number of benzene rings is 1. The molecule has 0 spiro atoms. The highest BCUT2D eigenvalue weighted by Crippen LogP contribution is 2.34. The molecule has 1 amide bonds. The minimum atomic E-state index is -1.14. The number of carbonyl (C=O) groups excluding carboxylic acids is 1. The molecule has 24 heavy (non-hydrogen) atoms. The lowest BCUT2D eigenvalue weighted by molar-refractivity contribution is -0.119. The monoisotopic (exact) mass is 370 g/mol. The SMILES string of the molecule is CC(C)NC(=O)C[S+]([O-])C[C@H]1CN(C)CC[C@@H]1c1ccc(Cl)cc1. The van der Waals surface area contributed by atoms with Crippen LogP contribution in [0, 0.1) is 5.92 Å². The summed E-state index contributed by atoms with van der Waals surface area (Å²) in [5.41, 5.74) is 1.25. The fourth-order valence-electron chi connectivity index (χ4n) is 3.34. The molecule has 0 saturated carbocycles. The summed E-state index contributed by atoms with van der Waals surface area (Å²) in [4.78, 5) is 14.1. The van der Waals surface area contributed by atoms with Crippen LogP contribution in [-0.2, 0) is 16.0 Å². The molecule has 1 fully saturated rings. The molecule has 0 radical (unpaired) electrons. The molecule has 1 aromatic carbocycles. The normalized spacial score (nSPS) is 23.2. The van der Waals surface area contributed by atoms with Crippen LogP contribution in [0.5, 0.6) is 0 Å². The Morgan fingerprint density at radius 3 is 2.71 bits per heavy atom. The molecule has 134 valence electrons. The van der Waals surface area contributed by atoms with Crippen LogP contribution >= 0.6 is 11.6 Å². The summed E-state index contributed by atoms with van der Waals surface area (Å²) in [6, 6.07) is 8.05. The number of piperidine rings is 1. The summed E-state index contributed by atoms with van der Waals surface area (Å²) in [7, 11) is 2.10. The minimum Gasteiger partial charge on any atom is -0.616 e. The van der Waals surface area contributed by atoms with E-state index in [9.17, 15) is 9.35 Å². The number of likely N-dealkylation sites (tertiary alicyclic amines) is 1. The van der Waals surface area contributed by atoms with Gasteiger partial charge in [0.15, 0.2) is 5.75 Å². The van der Waals surface area contributed by atoms with E-state index in [1.54, 1.807) is 0 Å². The number of amides is 1. The molecular weight excluding hydrogens is 344 g/mol. The van der Waals surface area contributed by atoms with Gasteiger partial charge in [0.2, 0.25) is 0 Å². The van der Waals surface area contributed by atoms with Crippen LogP contribution in [-0.4, -0.2) is 53.0 Å². The fraction of sp³-hybridized carbons (Fsp3) is 0.611. The standard InChI is InChI=1S/C18H27ClN2O2S/c1-13(2)20-18(22)12-24(23)11-15-10-21(3)9-8-17(15)14-4-6-16(19)7-5-14/h4-7,13,15,17H,8-12H2,1-3H3,(H,20,22)/t15-,17-,24?/m1/s1. The van der Waals surface area contributed by atoms with Gasteiger partial charge < -0.3 is 14.8 Å². The number of rotatable bonds is 6. The molecule has 2 rings (SSSR count). The molecule has 1 aliphatic rings. The molecule has 3 atom stereocenters. The number of nitrogens with zero attached hydrogens (tertiary/aromatic N) is 1. The van der Waals surface area contributed by atoms with Crippen LogP contribution in [0.2, 0.25) is 5.02 Å². The minimum absolute atomic E-state index is 0.0807. The average molecular weight is 371 g/mol. The van der Waals surface area contributed by atoms with E-state index in [0.717, 1.165) is 24.5 Å². The highest BCUT2D eigenvalue weighted by Gasteiger charge is 2.32. The van der Waals surface area contributed by atoms with Crippen LogP contribution in [0.3, 0.4) is 0 Å². The third-order valence-corrected chi connectivity index (χ3v) is 6.01. The Morgan fingerprint density at radius 2 is 2.08 bits per heavy atom. The Balaban J connectivity index is 2.00. The van der Waals surface area contributed by atoms with Crippen LogP contribution in [0.25, 0.3) is 0 Å². The third kappa shape index (κ3) is 5.96. The molecule has 1 N–H and O–H groups in total. The Hall–Kier alpha value is -0.750. The lowest BCUT2D eigenvalue weighted by Gasteiger charge is -2.37. The molecule has 0 aromatic heterocycles. The zero-order chi connectivity index (χ0) is 17.7. The van der Waals surface area contributed by atoms with Crippen LogP contribution in [0.15, 0.2) is 24.3 Å². The number of nitrogens with one attached hydrogen (secondary N) is 1. The summed E-state index contributed by atoms with van der Waals surface area (Å²) in [6.45, 7) is 5.76. The number of carbonyl (C=O) groups is 1. The van der Waals surface area contributed by atoms with Gasteiger partial charge in [0.25, 0.3) is 5.91 Å². The first-order chi connectivity index (χ1) is 11.3. The van der Waals surface area contributed by atoms with Crippen molar-refractivity contribution in [3.05, 3.63) is 34.9 Å². The Bertz CT molecular complexity index is 538. The second-order valence-electron chi connectivity index (χ2n) is 6.94. The van der Waals surface area contributed by atoms with E-state index in [-0.39, 0.29) is 23.6 Å². The zero-order valence-electron chi connectivity index (χ0n) is 14.6. The van der Waals surface area contributed by atoms with Crippen LogP contribution < -0.4 is 5.32 Å². The molecule has 1 aromatic rings. The van der Waals surface area contributed by atoms with E-state index in [0.29, 0.717) is 11.7 Å². The molecule has 6 heteroatoms. The van der Waals surface area contributed by atoms with Gasteiger partial charge in [-0.15, -0.1) is 0 Å². The maximum absolute atomic E-state index is 12.5. The van der Waals surface area contributed by atoms with E-state index in [2.05, 4.69) is 29.4 Å². The van der Waals surface area contributed by atoms with Crippen LogP contribution in [0.4, 0.5) is 0 Å². The van der Waals surface area contributed by atoms with Crippen molar-refractivity contribution in [2.75, 3.05) is 31.6 Å². The van der Waals surface area contributed by atoms with Crippen molar-refractivity contribution in [2.24, 2.45) is 5.92 Å². The molecule has 1 aliphatic heterocycles. The molecule has 1 unspecified atom stereocenters. The van der Waals surface area contributed by atoms with Gasteiger partial charge in [-0.05, 0) is 68.7 Å². The van der Waals surface area contributed by atoms with Gasteiger partial charge in [0, 0.05) is 23.5 Å². The van der Waals surface area contributed by atoms with Crippen molar-refractivity contribution >= 4 is 28.7 Å². The number of halogens is 1. The first-order valence-corrected chi connectivity index (χ1v) is 10.3. The fourth-order valence-corrected chi connectivity index (χ4v) is 4.77. The van der Waals surface area contributed by atoms with Gasteiger partial charge in [0.1, 0.15) is 5.75 Å². The Morgan fingerprint density at radius 1 is 1.42 bits per heavy atom. The summed E-state index contributed by atoms with van der Waals surface area (Å²) in [5, 5.41) is 3.55. The van der Waals surface area contributed by atoms with E-state index in [1.807, 2.05) is 26.0 Å². The van der Waals surface area contributed by atoms with E-state index < -0.39 is 11.2 Å². The Kier molecular flexibility index (Phi) is 7.41. The van der Waals surface area contributed by atoms with Gasteiger partial charge >= 0.3 is 0 Å². The summed E-state index contributed by atoms with van der Waals surface area (Å²) in [6.07, 6.45) is 1.04. The largest absolute Gasteiger partial charge is 0.616 e. The predicted octanol–water partition coefficient (Wildman–Crippen LogP) is 2.65. The van der Waals surface area contributed by atoms with Gasteiger partial charge in [-0.2, -0.15) is 0 Å². The predicted molar refractivity (Wildman–Crippen MR) is 101 cm³/mol. The Labute approximate surface area is 153 Å². The van der Waals surface area contributed by atoms with E-state index in [4.69, 9.17) is 11.6 Å². The van der Waals surface area contributed by atoms with Crippen LogP contribution in [0.1, 0.15) is 31.7 Å². The van der Waals surface area contributed by atoms with Crippen molar-refractivity contribution in [3.8, 4) is 0 Å². The van der Waals surface area contributed by atoms with E-state index >= 15 is 0 Å². The molecule has 1 heterocycles. The van der Waals surface area contributed by atoms with Gasteiger partial charge in [0.05, 0.1) is 0 Å². The van der Waals surface area contributed by atoms with Crippen molar-refractivity contribution in [3.63, 3.8) is 0 Å². The lowest BCUT2D eigenvalue weighted by Crippen LogP contribution is -2.42. The second kappa shape index (κ2) is 9.09. The lowest BCUT2D eigenvalue weighted by atomic mass is 9.81. The molecule has 0 bridgehead atoms. The maximum Gasteiger partial charge on any atom is 0.270 e. The molecule has 1 saturated heterocycles. The molecular formula is C18H27ClN2O2S. The van der Waals surface area contributed by atoms with Crippen molar-refractivity contribution in [1.82, 2.24) is 10.2 Å². The topological polar surface area (TPSA) is 55.4 Å². The van der Waals surface area contributed by atoms with Gasteiger partial charge in [-0.25, -0.2) is 0 Å². The maximum atomic E-state index is 12.5. The van der Waals surface area contributed by atoms with Crippen molar-refractivity contribution in [2.45, 2.75) is 32.2 Å². The number of hydrogen-bond donors (Lipinski definition) is 1. The van der Waals surface area contributed by atoms with Crippen molar-refractivity contribution in [1.29, 1.82) is 0 Å². The average Bonchev–Trinajstić information content (AvgIpc) is 2.47.